The van der Waals surface area contributed by atoms with Gasteiger partial charge in [-0.2, -0.15) is 4.98 Å². The quantitative estimate of drug-likeness (QED) is 0.565. The fourth-order valence-electron chi connectivity index (χ4n) is 3.32. The maximum atomic E-state index is 12.7. The maximum Gasteiger partial charge on any atom is 0.260 e. The third kappa shape index (κ3) is 4.44. The highest BCUT2D eigenvalue weighted by molar-refractivity contribution is 6.04. The molecule has 0 aliphatic carbocycles. The topological polar surface area (TPSA) is 95.7 Å². The minimum atomic E-state index is -0.294. The van der Waals surface area contributed by atoms with Crippen LogP contribution in [0.15, 0.2) is 40.9 Å². The third-order valence-electron chi connectivity index (χ3n) is 4.99. The zero-order chi connectivity index (χ0) is 22.7. The van der Waals surface area contributed by atoms with Crippen molar-refractivity contribution >= 4 is 17.7 Å². The number of hydrogen-bond acceptors (Lipinski definition) is 7. The Morgan fingerprint density at radius 1 is 1.22 bits per heavy atom. The molecule has 0 saturated carbocycles. The minimum Gasteiger partial charge on any atom is -0.493 e. The Bertz CT molecular complexity index is 1150. The molecule has 1 aliphatic heterocycles. The first-order valence-electron chi connectivity index (χ1n) is 10.4. The van der Waals surface area contributed by atoms with E-state index in [2.05, 4.69) is 15.5 Å². The van der Waals surface area contributed by atoms with E-state index in [4.69, 9.17) is 18.7 Å². The zero-order valence-corrected chi connectivity index (χ0v) is 18.5. The van der Waals surface area contributed by atoms with Crippen molar-refractivity contribution in [1.29, 1.82) is 0 Å². The van der Waals surface area contributed by atoms with Gasteiger partial charge in [0.2, 0.25) is 11.7 Å². The van der Waals surface area contributed by atoms with Crippen LogP contribution in [0.25, 0.3) is 17.5 Å². The van der Waals surface area contributed by atoms with Crippen molar-refractivity contribution in [3.05, 3.63) is 53.4 Å². The Morgan fingerprint density at radius 3 is 2.78 bits per heavy atom. The van der Waals surface area contributed by atoms with E-state index in [1.807, 2.05) is 45.0 Å². The molecule has 0 bridgehead atoms. The summed E-state index contributed by atoms with van der Waals surface area (Å²) < 4.78 is 22.1. The number of amides is 1. The highest BCUT2D eigenvalue weighted by atomic mass is 16.6. The van der Waals surface area contributed by atoms with Crippen LogP contribution in [0.4, 0.5) is 5.69 Å². The van der Waals surface area contributed by atoms with E-state index in [9.17, 15) is 4.79 Å². The number of methoxy groups -OCH3 is 1. The standard InChI is InChI=1S/C24H25N3O5/c1-14(2)23-26-24(32-27-23)17-7-5-6-15(3)21(17)25-20(28)9-8-16-12-18(29-4)22-19(13-16)30-10-11-31-22/h5-9,12-14H,10-11H2,1-4H3,(H,25,28)/b9-8+. The lowest BCUT2D eigenvalue weighted by atomic mass is 10.1. The summed E-state index contributed by atoms with van der Waals surface area (Å²) >= 11 is 0. The van der Waals surface area contributed by atoms with Crippen molar-refractivity contribution in [3.8, 4) is 28.7 Å². The van der Waals surface area contributed by atoms with Gasteiger partial charge in [0.05, 0.1) is 18.4 Å². The van der Waals surface area contributed by atoms with Gasteiger partial charge in [-0.05, 0) is 42.3 Å². The van der Waals surface area contributed by atoms with E-state index < -0.39 is 0 Å². The van der Waals surface area contributed by atoms with Crippen molar-refractivity contribution in [1.82, 2.24) is 10.1 Å². The van der Waals surface area contributed by atoms with Gasteiger partial charge >= 0.3 is 0 Å². The third-order valence-corrected chi connectivity index (χ3v) is 4.99. The van der Waals surface area contributed by atoms with Crippen molar-refractivity contribution in [2.45, 2.75) is 26.7 Å². The summed E-state index contributed by atoms with van der Waals surface area (Å²) in [6.07, 6.45) is 3.14. The van der Waals surface area contributed by atoms with Crippen LogP contribution >= 0.6 is 0 Å². The lowest BCUT2D eigenvalue weighted by molar-refractivity contribution is -0.111. The molecule has 8 nitrogen and oxygen atoms in total. The molecule has 1 N–H and O–H groups in total. The van der Waals surface area contributed by atoms with Crippen LogP contribution in [-0.2, 0) is 4.79 Å². The number of para-hydroxylation sites is 1. The number of anilines is 1. The van der Waals surface area contributed by atoms with Gasteiger partial charge in [-0.1, -0.05) is 31.1 Å². The second-order valence-electron chi connectivity index (χ2n) is 7.68. The van der Waals surface area contributed by atoms with Crippen LogP contribution in [-0.4, -0.2) is 36.4 Å². The second kappa shape index (κ2) is 9.13. The molecular formula is C24H25N3O5. The summed E-state index contributed by atoms with van der Waals surface area (Å²) in [6, 6.07) is 9.25. The number of aromatic nitrogens is 2. The van der Waals surface area contributed by atoms with Crippen molar-refractivity contribution in [3.63, 3.8) is 0 Å². The molecule has 0 radical (unpaired) electrons. The van der Waals surface area contributed by atoms with Crippen molar-refractivity contribution in [2.75, 3.05) is 25.6 Å². The van der Waals surface area contributed by atoms with Crippen LogP contribution in [0, 0.1) is 6.92 Å². The number of nitrogens with zero attached hydrogens (tertiary/aromatic N) is 2. The Hall–Kier alpha value is -3.81. The monoisotopic (exact) mass is 435 g/mol. The summed E-state index contributed by atoms with van der Waals surface area (Å²) in [4.78, 5) is 17.2. The summed E-state index contributed by atoms with van der Waals surface area (Å²) in [6.45, 7) is 6.83. The molecule has 0 spiro atoms. The first-order chi connectivity index (χ1) is 15.5. The fraction of sp³-hybridized carbons (Fsp3) is 0.292. The Labute approximate surface area is 186 Å². The smallest absolute Gasteiger partial charge is 0.260 e. The molecule has 0 fully saturated rings. The summed E-state index contributed by atoms with van der Waals surface area (Å²) in [5.74, 6) is 2.55. The van der Waals surface area contributed by atoms with Crippen LogP contribution in [0.3, 0.4) is 0 Å². The SMILES string of the molecule is COc1cc(/C=C/C(=O)Nc2c(C)cccc2-c2nc(C(C)C)no2)cc2c1OCCO2. The van der Waals surface area contributed by atoms with E-state index in [1.165, 1.54) is 6.08 Å². The first kappa shape index (κ1) is 21.4. The predicted octanol–water partition coefficient (Wildman–Crippen LogP) is 4.60. The molecule has 4 rings (SSSR count). The number of hydrogen-bond donors (Lipinski definition) is 1. The van der Waals surface area contributed by atoms with Crippen LogP contribution in [0.2, 0.25) is 0 Å². The lowest BCUT2D eigenvalue weighted by Crippen LogP contribution is -2.16. The van der Waals surface area contributed by atoms with Crippen molar-refractivity contribution < 1.29 is 23.5 Å². The molecule has 3 aromatic rings. The first-order valence-corrected chi connectivity index (χ1v) is 10.4. The van der Waals surface area contributed by atoms with Gasteiger partial charge in [0.25, 0.3) is 5.89 Å². The minimum absolute atomic E-state index is 0.140. The molecule has 8 heteroatoms. The molecule has 2 heterocycles. The normalized spacial score (nSPS) is 12.9. The number of carbonyl (C=O) groups is 1. The summed E-state index contributed by atoms with van der Waals surface area (Å²) in [7, 11) is 1.57. The Morgan fingerprint density at radius 2 is 2.03 bits per heavy atom. The van der Waals surface area contributed by atoms with Gasteiger partial charge in [0.15, 0.2) is 17.3 Å². The van der Waals surface area contributed by atoms with Gasteiger partial charge in [-0.25, -0.2) is 0 Å². The van der Waals surface area contributed by atoms with Crippen LogP contribution in [0.1, 0.15) is 36.7 Å². The van der Waals surface area contributed by atoms with Crippen molar-refractivity contribution in [2.24, 2.45) is 0 Å². The van der Waals surface area contributed by atoms with E-state index >= 15 is 0 Å². The van der Waals surface area contributed by atoms with Crippen LogP contribution < -0.4 is 19.5 Å². The van der Waals surface area contributed by atoms with E-state index in [0.29, 0.717) is 53.4 Å². The number of nitrogens with one attached hydrogen (secondary N) is 1. The van der Waals surface area contributed by atoms with Gasteiger partial charge in [0, 0.05) is 12.0 Å². The number of aryl methyl sites for hydroxylation is 1. The molecule has 0 saturated heterocycles. The number of rotatable bonds is 6. The average Bonchev–Trinajstić information content (AvgIpc) is 3.29. The van der Waals surface area contributed by atoms with E-state index in [1.54, 1.807) is 19.3 Å². The molecular weight excluding hydrogens is 410 g/mol. The zero-order valence-electron chi connectivity index (χ0n) is 18.5. The highest BCUT2D eigenvalue weighted by Gasteiger charge is 2.19. The average molecular weight is 435 g/mol. The van der Waals surface area contributed by atoms with Gasteiger partial charge in [-0.15, -0.1) is 0 Å². The molecule has 0 unspecified atom stereocenters. The van der Waals surface area contributed by atoms with E-state index in [-0.39, 0.29) is 11.8 Å². The second-order valence-corrected chi connectivity index (χ2v) is 7.68. The fourth-order valence-corrected chi connectivity index (χ4v) is 3.32. The molecule has 1 aromatic heterocycles. The predicted molar refractivity (Wildman–Crippen MR) is 120 cm³/mol. The van der Waals surface area contributed by atoms with Gasteiger partial charge in [0.1, 0.15) is 13.2 Å². The number of benzene rings is 2. The Balaban J connectivity index is 1.57. The molecule has 2 aromatic carbocycles. The molecule has 0 atom stereocenters. The lowest BCUT2D eigenvalue weighted by Gasteiger charge is -2.20. The molecule has 166 valence electrons. The Kier molecular flexibility index (Phi) is 6.11. The number of carbonyl (C=O) groups excluding carboxylic acids is 1. The van der Waals surface area contributed by atoms with Gasteiger partial charge < -0.3 is 24.1 Å². The van der Waals surface area contributed by atoms with Crippen LogP contribution in [0.5, 0.6) is 17.2 Å². The highest BCUT2D eigenvalue weighted by Crippen LogP contribution is 2.40. The summed E-state index contributed by atoms with van der Waals surface area (Å²) in [5.41, 5.74) is 2.94. The summed E-state index contributed by atoms with van der Waals surface area (Å²) in [5, 5.41) is 6.96. The molecule has 32 heavy (non-hydrogen) atoms. The molecule has 1 amide bonds. The number of ether oxygens (including phenoxy) is 3. The maximum absolute atomic E-state index is 12.7. The van der Waals surface area contributed by atoms with Gasteiger partial charge in [-0.3, -0.25) is 4.79 Å². The van der Waals surface area contributed by atoms with E-state index in [0.717, 1.165) is 11.1 Å². The largest absolute Gasteiger partial charge is 0.493 e. The number of fused-ring (bicyclic) bond motifs is 1. The molecule has 1 aliphatic rings.